The van der Waals surface area contributed by atoms with E-state index in [0.29, 0.717) is 13.1 Å². The number of nitrogens with two attached hydrogens (primary N) is 1. The maximum absolute atomic E-state index is 10.4. The Balaban J connectivity index is 1.98. The number of imidazole rings is 1. The molecule has 0 aliphatic rings. The quantitative estimate of drug-likeness (QED) is 0.651. The van der Waals surface area contributed by atoms with Gasteiger partial charge in [0.15, 0.2) is 0 Å². The van der Waals surface area contributed by atoms with Gasteiger partial charge in [0.05, 0.1) is 0 Å². The highest BCUT2D eigenvalue weighted by Crippen LogP contribution is 2.09. The van der Waals surface area contributed by atoms with Crippen molar-refractivity contribution >= 4 is 17.5 Å². The number of nitrogens with one attached hydrogen (secondary N) is 2. The molecular weight excluding hydrogens is 206 g/mol. The first-order valence-corrected chi connectivity index (χ1v) is 4.96. The topological polar surface area (TPSA) is 84.5 Å². The average molecular weight is 219 g/mol. The van der Waals surface area contributed by atoms with Crippen LogP contribution in [0.1, 0.15) is 0 Å². The van der Waals surface area contributed by atoms with Gasteiger partial charge in [-0.15, -0.1) is 0 Å². The fourth-order valence-electron chi connectivity index (χ4n) is 1.47. The molecule has 6 heteroatoms. The second-order valence-electron chi connectivity index (χ2n) is 3.28. The number of fused-ring (bicyclic) bond motifs is 1. The van der Waals surface area contributed by atoms with Crippen molar-refractivity contribution in [3.05, 3.63) is 30.6 Å². The van der Waals surface area contributed by atoms with E-state index in [-0.39, 0.29) is 0 Å². The van der Waals surface area contributed by atoms with Gasteiger partial charge < -0.3 is 16.4 Å². The monoisotopic (exact) mass is 219 g/mol. The number of hydrogen-bond donors (Lipinski definition) is 3. The fraction of sp³-hybridized carbons (Fsp3) is 0.200. The van der Waals surface area contributed by atoms with E-state index in [2.05, 4.69) is 15.6 Å². The summed E-state index contributed by atoms with van der Waals surface area (Å²) in [6.07, 6.45) is 3.61. The van der Waals surface area contributed by atoms with Crippen LogP contribution in [0, 0.1) is 0 Å². The van der Waals surface area contributed by atoms with Crippen molar-refractivity contribution in [2.75, 3.05) is 18.4 Å². The van der Waals surface area contributed by atoms with E-state index < -0.39 is 6.03 Å². The van der Waals surface area contributed by atoms with Crippen LogP contribution in [0.25, 0.3) is 5.65 Å². The van der Waals surface area contributed by atoms with Crippen molar-refractivity contribution in [3.8, 4) is 0 Å². The number of urea groups is 1. The minimum absolute atomic E-state index is 0.487. The van der Waals surface area contributed by atoms with Crippen LogP contribution < -0.4 is 16.4 Å². The van der Waals surface area contributed by atoms with Crippen LogP contribution >= 0.6 is 0 Å². The number of rotatable bonds is 4. The zero-order chi connectivity index (χ0) is 11.4. The molecule has 2 amide bonds. The van der Waals surface area contributed by atoms with Gasteiger partial charge in [0, 0.05) is 25.5 Å². The standard InChI is InChI=1S/C10H13N5O/c11-10(16)14-5-4-12-8-2-1-3-9-13-6-7-15(8)9/h1-3,6-7,12H,4-5H2,(H3,11,14,16). The Hall–Kier alpha value is -2.24. The molecule has 4 N–H and O–H groups in total. The summed E-state index contributed by atoms with van der Waals surface area (Å²) < 4.78 is 1.93. The number of primary amides is 1. The van der Waals surface area contributed by atoms with Gasteiger partial charge in [0.25, 0.3) is 0 Å². The first-order valence-electron chi connectivity index (χ1n) is 4.96. The number of carbonyl (C=O) groups is 1. The average Bonchev–Trinajstić information content (AvgIpc) is 2.72. The van der Waals surface area contributed by atoms with E-state index in [0.717, 1.165) is 11.5 Å². The third kappa shape index (κ3) is 2.22. The Morgan fingerprint density at radius 2 is 2.31 bits per heavy atom. The van der Waals surface area contributed by atoms with E-state index in [1.54, 1.807) is 6.20 Å². The van der Waals surface area contributed by atoms with Crippen LogP contribution in [0.2, 0.25) is 0 Å². The van der Waals surface area contributed by atoms with Gasteiger partial charge in [-0.2, -0.15) is 0 Å². The molecule has 0 saturated heterocycles. The SMILES string of the molecule is NC(=O)NCCNc1cccc2nccn12. The summed E-state index contributed by atoms with van der Waals surface area (Å²) in [7, 11) is 0. The van der Waals surface area contributed by atoms with Crippen molar-refractivity contribution in [2.45, 2.75) is 0 Å². The fourth-order valence-corrected chi connectivity index (χ4v) is 1.47. The molecule has 0 bridgehead atoms. The first kappa shape index (κ1) is 10.3. The molecule has 16 heavy (non-hydrogen) atoms. The zero-order valence-corrected chi connectivity index (χ0v) is 8.68. The zero-order valence-electron chi connectivity index (χ0n) is 8.68. The van der Waals surface area contributed by atoms with Crippen LogP contribution in [0.4, 0.5) is 10.6 Å². The molecule has 0 aliphatic heterocycles. The molecule has 0 fully saturated rings. The molecule has 0 aliphatic carbocycles. The van der Waals surface area contributed by atoms with Crippen molar-refractivity contribution in [1.29, 1.82) is 0 Å². The number of carbonyl (C=O) groups excluding carboxylic acids is 1. The highest BCUT2D eigenvalue weighted by molar-refractivity contribution is 5.71. The number of aromatic nitrogens is 2. The number of amides is 2. The van der Waals surface area contributed by atoms with Crippen molar-refractivity contribution < 1.29 is 4.79 Å². The number of anilines is 1. The van der Waals surface area contributed by atoms with Crippen LogP contribution in [0.15, 0.2) is 30.6 Å². The minimum Gasteiger partial charge on any atom is -0.369 e. The lowest BCUT2D eigenvalue weighted by Crippen LogP contribution is -2.33. The normalized spacial score (nSPS) is 10.2. The van der Waals surface area contributed by atoms with Crippen molar-refractivity contribution in [3.63, 3.8) is 0 Å². The molecule has 0 saturated carbocycles. The summed E-state index contributed by atoms with van der Waals surface area (Å²) in [4.78, 5) is 14.6. The largest absolute Gasteiger partial charge is 0.369 e. The molecule has 6 nitrogen and oxygen atoms in total. The van der Waals surface area contributed by atoms with Crippen molar-refractivity contribution in [2.24, 2.45) is 5.73 Å². The summed E-state index contributed by atoms with van der Waals surface area (Å²) in [5.41, 5.74) is 5.84. The molecule has 0 spiro atoms. The molecule has 2 aromatic rings. The molecule has 0 radical (unpaired) electrons. The molecule has 2 heterocycles. The lowest BCUT2D eigenvalue weighted by Gasteiger charge is -2.08. The summed E-state index contributed by atoms with van der Waals surface area (Å²) >= 11 is 0. The summed E-state index contributed by atoms with van der Waals surface area (Å²) in [6, 6.07) is 5.28. The maximum atomic E-state index is 10.4. The second-order valence-corrected chi connectivity index (χ2v) is 3.28. The lowest BCUT2D eigenvalue weighted by atomic mass is 10.4. The Kier molecular flexibility index (Phi) is 2.90. The van der Waals surface area contributed by atoms with Crippen molar-refractivity contribution in [1.82, 2.24) is 14.7 Å². The smallest absolute Gasteiger partial charge is 0.312 e. The predicted molar refractivity (Wildman–Crippen MR) is 61.3 cm³/mol. The Morgan fingerprint density at radius 1 is 1.44 bits per heavy atom. The predicted octanol–water partition coefficient (Wildman–Crippen LogP) is 0.414. The van der Waals surface area contributed by atoms with E-state index in [1.807, 2.05) is 28.8 Å². The van der Waals surface area contributed by atoms with Gasteiger partial charge in [-0.25, -0.2) is 9.78 Å². The highest BCUT2D eigenvalue weighted by atomic mass is 16.2. The van der Waals surface area contributed by atoms with Crippen LogP contribution in [-0.2, 0) is 0 Å². The molecular formula is C10H13N5O. The molecule has 84 valence electrons. The lowest BCUT2D eigenvalue weighted by molar-refractivity contribution is 0.249. The molecule has 0 atom stereocenters. The van der Waals surface area contributed by atoms with Gasteiger partial charge in [0.2, 0.25) is 0 Å². The third-order valence-corrected chi connectivity index (χ3v) is 2.16. The summed E-state index contributed by atoms with van der Waals surface area (Å²) in [5, 5.41) is 5.69. The van der Waals surface area contributed by atoms with Crippen LogP contribution in [0.5, 0.6) is 0 Å². The van der Waals surface area contributed by atoms with E-state index in [4.69, 9.17) is 5.73 Å². The Bertz CT molecular complexity index is 493. The molecule has 2 rings (SSSR count). The maximum Gasteiger partial charge on any atom is 0.312 e. The number of pyridine rings is 1. The van der Waals surface area contributed by atoms with E-state index in [9.17, 15) is 4.79 Å². The Labute approximate surface area is 92.5 Å². The van der Waals surface area contributed by atoms with Gasteiger partial charge in [-0.3, -0.25) is 4.40 Å². The minimum atomic E-state index is -0.511. The van der Waals surface area contributed by atoms with Gasteiger partial charge >= 0.3 is 6.03 Å². The third-order valence-electron chi connectivity index (χ3n) is 2.16. The second kappa shape index (κ2) is 4.52. The highest BCUT2D eigenvalue weighted by Gasteiger charge is 1.99. The van der Waals surface area contributed by atoms with Gasteiger partial charge in [-0.1, -0.05) is 6.07 Å². The van der Waals surface area contributed by atoms with Crippen LogP contribution in [-0.4, -0.2) is 28.5 Å². The van der Waals surface area contributed by atoms with Gasteiger partial charge in [0.1, 0.15) is 11.5 Å². The van der Waals surface area contributed by atoms with Gasteiger partial charge in [-0.05, 0) is 12.1 Å². The molecule has 0 unspecified atom stereocenters. The first-order chi connectivity index (χ1) is 7.77. The van der Waals surface area contributed by atoms with E-state index in [1.165, 1.54) is 0 Å². The Morgan fingerprint density at radius 3 is 3.12 bits per heavy atom. The summed E-state index contributed by atoms with van der Waals surface area (Å²) in [5.74, 6) is 0.932. The number of hydrogen-bond acceptors (Lipinski definition) is 3. The van der Waals surface area contributed by atoms with Crippen LogP contribution in [0.3, 0.4) is 0 Å². The summed E-state index contributed by atoms with van der Waals surface area (Å²) in [6.45, 7) is 1.10. The van der Waals surface area contributed by atoms with E-state index >= 15 is 0 Å². The number of nitrogens with zero attached hydrogens (tertiary/aromatic N) is 2. The molecule has 0 aromatic carbocycles. The molecule has 2 aromatic heterocycles.